The summed E-state index contributed by atoms with van der Waals surface area (Å²) in [5, 5.41) is 2.37. The van der Waals surface area contributed by atoms with Crippen molar-refractivity contribution in [2.45, 2.75) is 39.5 Å². The Morgan fingerprint density at radius 1 is 1.60 bits per heavy atom. The number of ether oxygens (including phenoxy) is 1. The Morgan fingerprint density at radius 2 is 2.13 bits per heavy atom. The minimum Gasteiger partial charge on any atom is -0.444 e. The molecular weight excluding hydrogens is 199 g/mol. The van der Waals surface area contributed by atoms with Gasteiger partial charge in [-0.1, -0.05) is 6.58 Å². The second-order valence-electron chi connectivity index (χ2n) is 3.98. The average Bonchev–Trinajstić information content (AvgIpc) is 1.99. The van der Waals surface area contributed by atoms with Crippen molar-refractivity contribution < 1.29 is 13.9 Å². The molecule has 1 unspecified atom stereocenters. The smallest absolute Gasteiger partial charge is 0.409 e. The quantitative estimate of drug-likeness (QED) is 0.736. The van der Waals surface area contributed by atoms with E-state index >= 15 is 0 Å². The predicted molar refractivity (Wildman–Crippen MR) is 57.6 cm³/mol. The van der Waals surface area contributed by atoms with Gasteiger partial charge in [-0.05, 0) is 33.8 Å². The fourth-order valence-electron chi connectivity index (χ4n) is 0.748. The molecule has 0 aliphatic heterocycles. The number of nitrogens with one attached hydrogen (secondary N) is 1. The van der Waals surface area contributed by atoms with Crippen LogP contribution >= 0.6 is 0 Å². The minimum absolute atomic E-state index is 0.579. The average molecular weight is 216 g/mol. The van der Waals surface area contributed by atoms with Gasteiger partial charge in [0.15, 0.2) is 0 Å². The number of amides is 1. The fraction of sp³-hybridized carbons (Fsp3) is 0.600. The first kappa shape index (κ1) is 13.6. The van der Waals surface area contributed by atoms with E-state index in [4.69, 9.17) is 4.74 Å². The SMILES string of the molecule is C=CC(F)=NC(C)NC(=O)OC(C)(C)C. The number of alkyl carbamates (subject to hydrolysis) is 1. The highest BCUT2D eigenvalue weighted by Crippen LogP contribution is 2.06. The summed E-state index contributed by atoms with van der Waals surface area (Å²) in [6.07, 6.45) is -0.346. The molecule has 0 rings (SSSR count). The molecule has 1 atom stereocenters. The van der Waals surface area contributed by atoms with E-state index in [1.807, 2.05) is 0 Å². The van der Waals surface area contributed by atoms with Gasteiger partial charge in [0, 0.05) is 0 Å². The molecule has 0 bridgehead atoms. The first-order valence-corrected chi connectivity index (χ1v) is 4.60. The monoisotopic (exact) mass is 216 g/mol. The van der Waals surface area contributed by atoms with E-state index in [1.165, 1.54) is 6.92 Å². The van der Waals surface area contributed by atoms with Crippen molar-refractivity contribution >= 4 is 12.1 Å². The Hall–Kier alpha value is -1.39. The second-order valence-corrected chi connectivity index (χ2v) is 3.98. The molecular formula is C10H17FN2O2. The highest BCUT2D eigenvalue weighted by molar-refractivity contribution is 5.86. The van der Waals surface area contributed by atoms with Gasteiger partial charge in [0.05, 0.1) is 0 Å². The van der Waals surface area contributed by atoms with Crippen molar-refractivity contribution in [1.82, 2.24) is 5.32 Å². The van der Waals surface area contributed by atoms with Crippen LogP contribution in [0.2, 0.25) is 0 Å². The third kappa shape index (κ3) is 7.66. The summed E-state index contributed by atoms with van der Waals surface area (Å²) in [4.78, 5) is 14.7. The van der Waals surface area contributed by atoms with Crippen molar-refractivity contribution in [2.75, 3.05) is 0 Å². The molecule has 1 amide bonds. The zero-order valence-corrected chi connectivity index (χ0v) is 9.50. The molecule has 0 fully saturated rings. The molecule has 86 valence electrons. The van der Waals surface area contributed by atoms with Crippen LogP contribution in [0.4, 0.5) is 9.18 Å². The van der Waals surface area contributed by atoms with E-state index in [0.29, 0.717) is 0 Å². The van der Waals surface area contributed by atoms with Crippen LogP contribution in [0.3, 0.4) is 0 Å². The second kappa shape index (κ2) is 5.48. The maximum absolute atomic E-state index is 12.6. The van der Waals surface area contributed by atoms with Gasteiger partial charge in [0.1, 0.15) is 11.8 Å². The molecule has 0 saturated heterocycles. The summed E-state index contributed by atoms with van der Waals surface area (Å²) < 4.78 is 17.6. The molecule has 0 saturated carbocycles. The van der Waals surface area contributed by atoms with Gasteiger partial charge < -0.3 is 4.74 Å². The largest absolute Gasteiger partial charge is 0.444 e. The lowest BCUT2D eigenvalue weighted by atomic mass is 10.2. The molecule has 5 heteroatoms. The normalized spacial score (nSPS) is 14.3. The van der Waals surface area contributed by atoms with Gasteiger partial charge >= 0.3 is 6.09 Å². The van der Waals surface area contributed by atoms with Crippen molar-refractivity contribution in [3.63, 3.8) is 0 Å². The standard InChI is InChI=1S/C10H17FN2O2/c1-6-8(11)12-7(2)13-9(14)15-10(3,4)5/h6-7H,1H2,2-5H3,(H,13,14). The lowest BCUT2D eigenvalue weighted by molar-refractivity contribution is 0.0510. The summed E-state index contributed by atoms with van der Waals surface area (Å²) in [5.74, 6) is -0.724. The maximum Gasteiger partial charge on any atom is 0.409 e. The summed E-state index contributed by atoms with van der Waals surface area (Å²) in [6.45, 7) is 9.96. The Kier molecular flexibility index (Phi) is 4.97. The molecule has 0 aromatic carbocycles. The lowest BCUT2D eigenvalue weighted by Gasteiger charge is -2.20. The summed E-state index contributed by atoms with van der Waals surface area (Å²) >= 11 is 0. The van der Waals surface area contributed by atoms with Crippen molar-refractivity contribution in [1.29, 1.82) is 0 Å². The van der Waals surface area contributed by atoms with Gasteiger partial charge in [-0.25, -0.2) is 9.79 Å². The Labute approximate surface area is 89.2 Å². The first-order valence-electron chi connectivity index (χ1n) is 4.60. The number of carbonyl (C=O) groups excluding carboxylic acids is 1. The zero-order chi connectivity index (χ0) is 12.1. The molecule has 4 nitrogen and oxygen atoms in total. The Bertz CT molecular complexity index is 269. The number of aliphatic imine (C=N–C) groups is 1. The third-order valence-electron chi connectivity index (χ3n) is 1.21. The van der Waals surface area contributed by atoms with E-state index in [2.05, 4.69) is 16.9 Å². The summed E-state index contributed by atoms with van der Waals surface area (Å²) in [7, 11) is 0. The third-order valence-corrected chi connectivity index (χ3v) is 1.21. The summed E-state index contributed by atoms with van der Waals surface area (Å²) in [6, 6.07) is 0. The zero-order valence-electron chi connectivity index (χ0n) is 9.50. The highest BCUT2D eigenvalue weighted by atomic mass is 19.1. The first-order chi connectivity index (χ1) is 6.74. The number of halogens is 1. The number of hydrogen-bond acceptors (Lipinski definition) is 3. The van der Waals surface area contributed by atoms with E-state index < -0.39 is 23.8 Å². The van der Waals surface area contributed by atoms with Crippen LogP contribution in [-0.2, 0) is 4.74 Å². The van der Waals surface area contributed by atoms with Crippen LogP contribution in [0, 0.1) is 0 Å². The van der Waals surface area contributed by atoms with Crippen molar-refractivity contribution in [2.24, 2.45) is 4.99 Å². The van der Waals surface area contributed by atoms with Crippen LogP contribution in [0.5, 0.6) is 0 Å². The topological polar surface area (TPSA) is 50.7 Å². The molecule has 0 aliphatic carbocycles. The van der Waals surface area contributed by atoms with Gasteiger partial charge in [0.25, 0.3) is 0 Å². The van der Waals surface area contributed by atoms with Crippen molar-refractivity contribution in [3.05, 3.63) is 12.7 Å². The minimum atomic E-state index is -0.724. The molecule has 0 radical (unpaired) electrons. The lowest BCUT2D eigenvalue weighted by Crippen LogP contribution is -2.37. The molecule has 0 aromatic heterocycles. The number of nitrogens with zero attached hydrogens (tertiary/aromatic N) is 1. The van der Waals surface area contributed by atoms with E-state index in [0.717, 1.165) is 6.08 Å². The van der Waals surface area contributed by atoms with E-state index in [-0.39, 0.29) is 0 Å². The number of hydrogen-bond donors (Lipinski definition) is 1. The molecule has 0 aromatic rings. The van der Waals surface area contributed by atoms with Crippen LogP contribution in [-0.4, -0.2) is 23.8 Å². The van der Waals surface area contributed by atoms with Gasteiger partial charge in [-0.3, -0.25) is 5.32 Å². The number of rotatable bonds is 3. The van der Waals surface area contributed by atoms with E-state index in [1.54, 1.807) is 20.8 Å². The molecule has 1 N–H and O–H groups in total. The Balaban J connectivity index is 4.14. The van der Waals surface area contributed by atoms with E-state index in [9.17, 15) is 9.18 Å². The fourth-order valence-corrected chi connectivity index (χ4v) is 0.748. The number of allylic oxidation sites excluding steroid dienone is 1. The van der Waals surface area contributed by atoms with Crippen molar-refractivity contribution in [3.8, 4) is 0 Å². The highest BCUT2D eigenvalue weighted by Gasteiger charge is 2.17. The van der Waals surface area contributed by atoms with Gasteiger partial charge in [-0.15, -0.1) is 0 Å². The van der Waals surface area contributed by atoms with Gasteiger partial charge in [0.2, 0.25) is 5.97 Å². The predicted octanol–water partition coefficient (Wildman–Crippen LogP) is 2.41. The molecule has 0 aliphatic rings. The molecule has 0 spiro atoms. The van der Waals surface area contributed by atoms with Crippen LogP contribution in [0.1, 0.15) is 27.7 Å². The molecule has 15 heavy (non-hydrogen) atoms. The van der Waals surface area contributed by atoms with Gasteiger partial charge in [-0.2, -0.15) is 4.39 Å². The maximum atomic E-state index is 12.6. The molecule has 0 heterocycles. The van der Waals surface area contributed by atoms with Crippen LogP contribution in [0.25, 0.3) is 0 Å². The summed E-state index contributed by atoms with van der Waals surface area (Å²) in [5.41, 5.74) is -0.579. The van der Waals surface area contributed by atoms with Crippen LogP contribution in [0.15, 0.2) is 17.6 Å². The van der Waals surface area contributed by atoms with Crippen LogP contribution < -0.4 is 5.32 Å². The number of carbonyl (C=O) groups is 1. The Morgan fingerprint density at radius 3 is 2.53 bits per heavy atom.